The zero-order valence-corrected chi connectivity index (χ0v) is 15.4. The lowest BCUT2D eigenvalue weighted by Crippen LogP contribution is -2.48. The highest BCUT2D eigenvalue weighted by Gasteiger charge is 2.33. The highest BCUT2D eigenvalue weighted by molar-refractivity contribution is 5.85. The normalized spacial score (nSPS) is 22.1. The van der Waals surface area contributed by atoms with E-state index < -0.39 is 6.10 Å². The first-order valence-corrected chi connectivity index (χ1v) is 8.34. The molecule has 1 saturated heterocycles. The van der Waals surface area contributed by atoms with Gasteiger partial charge in [-0.15, -0.1) is 12.4 Å². The van der Waals surface area contributed by atoms with Crippen molar-refractivity contribution in [3.63, 3.8) is 0 Å². The van der Waals surface area contributed by atoms with Crippen LogP contribution in [0.1, 0.15) is 38.4 Å². The van der Waals surface area contributed by atoms with E-state index in [9.17, 15) is 9.90 Å². The van der Waals surface area contributed by atoms with Crippen LogP contribution in [-0.2, 0) is 9.53 Å². The number of rotatable bonds is 7. The Kier molecular flexibility index (Phi) is 8.70. The third-order valence-corrected chi connectivity index (χ3v) is 4.66. The lowest BCUT2D eigenvalue weighted by atomic mass is 9.94. The monoisotopic (exact) mass is 356 g/mol. The molecule has 2 rings (SSSR count). The standard InChI is InChI=1S/C18H28N2O3.ClH/c1-12(17(23-3)15-10-7-11-19-15)18(22)20-13(2)16(21)14-8-5-4-6-9-14;/h4-6,8-9,12-13,15-17,19,21H,7,10-11H2,1-3H3,(H,20,22);1H/t12-,13-,15+,16-,17-;/m1./s1. The minimum atomic E-state index is -0.724. The fourth-order valence-corrected chi connectivity index (χ4v) is 3.23. The fraction of sp³-hybridized carbons (Fsp3) is 0.611. The molecule has 1 aliphatic rings. The largest absolute Gasteiger partial charge is 0.386 e. The number of benzene rings is 1. The van der Waals surface area contributed by atoms with Crippen molar-refractivity contribution in [2.45, 2.75) is 51.0 Å². The summed E-state index contributed by atoms with van der Waals surface area (Å²) in [5, 5.41) is 16.7. The van der Waals surface area contributed by atoms with E-state index in [4.69, 9.17) is 4.74 Å². The Hall–Kier alpha value is -1.14. The topological polar surface area (TPSA) is 70.6 Å². The minimum absolute atomic E-state index is 0. The number of ether oxygens (including phenoxy) is 1. The van der Waals surface area contributed by atoms with Crippen LogP contribution in [0.15, 0.2) is 30.3 Å². The van der Waals surface area contributed by atoms with E-state index >= 15 is 0 Å². The van der Waals surface area contributed by atoms with E-state index in [-0.39, 0.29) is 42.4 Å². The van der Waals surface area contributed by atoms with Crippen molar-refractivity contribution in [2.75, 3.05) is 13.7 Å². The first-order valence-electron chi connectivity index (χ1n) is 8.34. The number of carbonyl (C=O) groups excluding carboxylic acids is 1. The lowest BCUT2D eigenvalue weighted by Gasteiger charge is -2.29. The molecule has 1 amide bonds. The third kappa shape index (κ3) is 5.18. The molecule has 1 fully saturated rings. The van der Waals surface area contributed by atoms with Crippen LogP contribution in [0.3, 0.4) is 0 Å². The Morgan fingerprint density at radius 2 is 2.00 bits per heavy atom. The van der Waals surface area contributed by atoms with Gasteiger partial charge < -0.3 is 20.5 Å². The van der Waals surface area contributed by atoms with Crippen molar-refractivity contribution >= 4 is 18.3 Å². The first kappa shape index (κ1) is 20.9. The summed E-state index contributed by atoms with van der Waals surface area (Å²) in [4.78, 5) is 12.5. The van der Waals surface area contributed by atoms with Gasteiger partial charge in [-0.2, -0.15) is 0 Å². The van der Waals surface area contributed by atoms with Gasteiger partial charge in [-0.25, -0.2) is 0 Å². The number of carbonyl (C=O) groups is 1. The molecular weight excluding hydrogens is 328 g/mol. The second kappa shape index (κ2) is 9.99. The summed E-state index contributed by atoms with van der Waals surface area (Å²) in [6.07, 6.45) is 1.26. The summed E-state index contributed by atoms with van der Waals surface area (Å²) in [6.45, 7) is 4.67. The maximum atomic E-state index is 12.5. The molecule has 0 spiro atoms. The van der Waals surface area contributed by atoms with Gasteiger partial charge >= 0.3 is 0 Å². The van der Waals surface area contributed by atoms with Gasteiger partial charge in [0.2, 0.25) is 5.91 Å². The smallest absolute Gasteiger partial charge is 0.225 e. The van der Waals surface area contributed by atoms with E-state index in [1.807, 2.05) is 44.2 Å². The number of nitrogens with one attached hydrogen (secondary N) is 2. The molecule has 1 aromatic carbocycles. The summed E-state index contributed by atoms with van der Waals surface area (Å²) in [6, 6.07) is 9.23. The van der Waals surface area contributed by atoms with Crippen molar-refractivity contribution < 1.29 is 14.6 Å². The average Bonchev–Trinajstić information content (AvgIpc) is 3.09. The molecule has 0 saturated carbocycles. The Labute approximate surface area is 150 Å². The molecule has 24 heavy (non-hydrogen) atoms. The summed E-state index contributed by atoms with van der Waals surface area (Å²) in [5.74, 6) is -0.367. The van der Waals surface area contributed by atoms with E-state index in [1.54, 1.807) is 7.11 Å². The molecule has 1 aromatic rings. The average molecular weight is 357 g/mol. The maximum Gasteiger partial charge on any atom is 0.225 e. The Morgan fingerprint density at radius 3 is 2.54 bits per heavy atom. The molecule has 3 N–H and O–H groups in total. The first-order chi connectivity index (χ1) is 11.0. The Morgan fingerprint density at radius 1 is 1.33 bits per heavy atom. The molecule has 0 radical (unpaired) electrons. The third-order valence-electron chi connectivity index (χ3n) is 4.66. The number of aliphatic hydroxyl groups excluding tert-OH is 1. The zero-order chi connectivity index (χ0) is 16.8. The number of aliphatic hydroxyl groups is 1. The molecule has 1 aliphatic heterocycles. The van der Waals surface area contributed by atoms with Gasteiger partial charge in [0.1, 0.15) is 0 Å². The quantitative estimate of drug-likeness (QED) is 0.699. The highest BCUT2D eigenvalue weighted by Crippen LogP contribution is 2.20. The predicted molar refractivity (Wildman–Crippen MR) is 97.2 cm³/mol. The number of methoxy groups -OCH3 is 1. The van der Waals surface area contributed by atoms with Crippen LogP contribution >= 0.6 is 12.4 Å². The van der Waals surface area contributed by atoms with E-state index in [0.717, 1.165) is 24.9 Å². The van der Waals surface area contributed by atoms with Gasteiger partial charge in [-0.1, -0.05) is 37.3 Å². The SMILES string of the molecule is CO[C@@H]([C@@H]1CCCN1)[C@@H](C)C(=O)N[C@H](C)[C@@H](O)c1ccccc1.Cl. The number of halogens is 1. The second-order valence-corrected chi connectivity index (χ2v) is 6.34. The van der Waals surface area contributed by atoms with Gasteiger partial charge in [-0.3, -0.25) is 4.79 Å². The summed E-state index contributed by atoms with van der Waals surface area (Å²) >= 11 is 0. The van der Waals surface area contributed by atoms with Crippen molar-refractivity contribution in [1.29, 1.82) is 0 Å². The van der Waals surface area contributed by atoms with Gasteiger partial charge in [0.15, 0.2) is 0 Å². The van der Waals surface area contributed by atoms with E-state index in [0.29, 0.717) is 0 Å². The Bertz CT molecular complexity index is 494. The molecule has 0 aliphatic carbocycles. The lowest BCUT2D eigenvalue weighted by molar-refractivity contribution is -0.131. The van der Waals surface area contributed by atoms with Gasteiger partial charge in [0.05, 0.1) is 24.2 Å². The Balaban J connectivity index is 0.00000288. The molecule has 0 bridgehead atoms. The van der Waals surface area contributed by atoms with Crippen LogP contribution in [0.4, 0.5) is 0 Å². The molecule has 6 heteroatoms. The fourth-order valence-electron chi connectivity index (χ4n) is 3.23. The van der Waals surface area contributed by atoms with Crippen molar-refractivity contribution in [2.24, 2.45) is 5.92 Å². The van der Waals surface area contributed by atoms with Crippen LogP contribution in [-0.4, -0.2) is 42.9 Å². The van der Waals surface area contributed by atoms with Crippen molar-refractivity contribution in [3.05, 3.63) is 35.9 Å². The van der Waals surface area contributed by atoms with Crippen LogP contribution < -0.4 is 10.6 Å². The number of hydrogen-bond donors (Lipinski definition) is 3. The molecule has 136 valence electrons. The summed E-state index contributed by atoms with van der Waals surface area (Å²) < 4.78 is 5.56. The van der Waals surface area contributed by atoms with Gasteiger partial charge in [0, 0.05) is 13.2 Å². The van der Waals surface area contributed by atoms with E-state index in [2.05, 4.69) is 10.6 Å². The van der Waals surface area contributed by atoms with Crippen molar-refractivity contribution in [3.8, 4) is 0 Å². The van der Waals surface area contributed by atoms with Crippen LogP contribution in [0.25, 0.3) is 0 Å². The minimum Gasteiger partial charge on any atom is -0.386 e. The maximum absolute atomic E-state index is 12.5. The molecule has 5 nitrogen and oxygen atoms in total. The van der Waals surface area contributed by atoms with Gasteiger partial charge in [-0.05, 0) is 31.9 Å². The molecule has 0 aromatic heterocycles. The van der Waals surface area contributed by atoms with E-state index in [1.165, 1.54) is 0 Å². The molecular formula is C18H29ClN2O3. The highest BCUT2D eigenvalue weighted by atomic mass is 35.5. The summed E-state index contributed by atoms with van der Waals surface area (Å²) in [7, 11) is 1.65. The zero-order valence-electron chi connectivity index (χ0n) is 14.6. The van der Waals surface area contributed by atoms with Crippen LogP contribution in [0.5, 0.6) is 0 Å². The number of hydrogen-bond acceptors (Lipinski definition) is 4. The summed E-state index contributed by atoms with van der Waals surface area (Å²) in [5.41, 5.74) is 0.800. The van der Waals surface area contributed by atoms with Gasteiger partial charge in [0.25, 0.3) is 0 Å². The molecule has 1 heterocycles. The molecule has 5 atom stereocenters. The molecule has 0 unspecified atom stereocenters. The van der Waals surface area contributed by atoms with Crippen molar-refractivity contribution in [1.82, 2.24) is 10.6 Å². The van der Waals surface area contributed by atoms with Crippen LogP contribution in [0, 0.1) is 5.92 Å². The number of amides is 1. The van der Waals surface area contributed by atoms with Crippen LogP contribution in [0.2, 0.25) is 0 Å². The predicted octanol–water partition coefficient (Wildman–Crippen LogP) is 2.05. The second-order valence-electron chi connectivity index (χ2n) is 6.34.